The molecule has 1 aromatic carbocycles. The molecule has 0 aliphatic carbocycles. The number of fused-ring (bicyclic) bond motifs is 1. The number of anilines is 1. The highest BCUT2D eigenvalue weighted by Crippen LogP contribution is 2.24. The molecular weight excluding hydrogens is 258 g/mol. The summed E-state index contributed by atoms with van der Waals surface area (Å²) in [6.07, 6.45) is 6.23. The summed E-state index contributed by atoms with van der Waals surface area (Å²) >= 11 is 0. The number of nitrogens with zero attached hydrogens (tertiary/aromatic N) is 2. The van der Waals surface area contributed by atoms with Gasteiger partial charge in [0.25, 0.3) is 0 Å². The van der Waals surface area contributed by atoms with Gasteiger partial charge in [-0.1, -0.05) is 6.07 Å². The molecule has 1 fully saturated rings. The minimum atomic E-state index is 0. The van der Waals surface area contributed by atoms with Gasteiger partial charge in [-0.2, -0.15) is 0 Å². The summed E-state index contributed by atoms with van der Waals surface area (Å²) in [5.74, 6) is 0. The molecule has 1 aliphatic rings. The van der Waals surface area contributed by atoms with Crippen LogP contribution in [-0.2, 0) is 0 Å². The van der Waals surface area contributed by atoms with Crippen molar-refractivity contribution in [3.63, 3.8) is 0 Å². The molecule has 2 heterocycles. The Hall–Kier alpha value is -1.32. The standard InChI is InChI=1S/C15H19N3.ClH/c1-18(14-5-8-16-9-6-14)15-3-2-13-11-17-7-4-12(13)10-15;/h2-4,7,10-11,14,16H,5-6,8-9H2,1H3;1H. The summed E-state index contributed by atoms with van der Waals surface area (Å²) in [6, 6.07) is 9.36. The van der Waals surface area contributed by atoms with E-state index >= 15 is 0 Å². The van der Waals surface area contributed by atoms with E-state index in [1.807, 2.05) is 12.4 Å². The third-order valence-corrected chi connectivity index (χ3v) is 3.89. The van der Waals surface area contributed by atoms with Gasteiger partial charge in [0.05, 0.1) is 0 Å². The molecule has 1 N–H and O–H groups in total. The quantitative estimate of drug-likeness (QED) is 0.915. The van der Waals surface area contributed by atoms with Crippen LogP contribution in [0.15, 0.2) is 36.7 Å². The monoisotopic (exact) mass is 277 g/mol. The Bertz CT molecular complexity index is 538. The zero-order valence-corrected chi connectivity index (χ0v) is 12.0. The number of rotatable bonds is 2. The fourth-order valence-electron chi connectivity index (χ4n) is 2.69. The van der Waals surface area contributed by atoms with E-state index in [-0.39, 0.29) is 12.4 Å². The average molecular weight is 278 g/mol. The second kappa shape index (κ2) is 6.22. The van der Waals surface area contributed by atoms with Crippen LogP contribution in [0, 0.1) is 0 Å². The molecule has 3 rings (SSSR count). The Balaban J connectivity index is 0.00000133. The molecule has 0 spiro atoms. The van der Waals surface area contributed by atoms with Crippen LogP contribution in [0.1, 0.15) is 12.8 Å². The third-order valence-electron chi connectivity index (χ3n) is 3.89. The number of piperidine rings is 1. The number of halogens is 1. The van der Waals surface area contributed by atoms with Crippen molar-refractivity contribution in [1.82, 2.24) is 10.3 Å². The van der Waals surface area contributed by atoms with E-state index in [1.165, 1.54) is 29.3 Å². The molecule has 0 amide bonds. The first-order valence-electron chi connectivity index (χ1n) is 6.62. The maximum Gasteiger partial charge on any atom is 0.0372 e. The molecule has 0 unspecified atom stereocenters. The lowest BCUT2D eigenvalue weighted by atomic mass is 10.0. The smallest absolute Gasteiger partial charge is 0.0372 e. The minimum absolute atomic E-state index is 0. The van der Waals surface area contributed by atoms with Crippen LogP contribution < -0.4 is 10.2 Å². The normalized spacial score (nSPS) is 16.1. The Morgan fingerprint density at radius 1 is 1.16 bits per heavy atom. The van der Waals surface area contributed by atoms with E-state index < -0.39 is 0 Å². The molecule has 102 valence electrons. The van der Waals surface area contributed by atoms with E-state index in [0.29, 0.717) is 6.04 Å². The van der Waals surface area contributed by atoms with Gasteiger partial charge in [-0.15, -0.1) is 12.4 Å². The predicted octanol–water partition coefficient (Wildman–Crippen LogP) is 2.84. The number of nitrogens with one attached hydrogen (secondary N) is 1. The van der Waals surface area contributed by atoms with Gasteiger partial charge < -0.3 is 10.2 Å². The second-order valence-electron chi connectivity index (χ2n) is 5.00. The summed E-state index contributed by atoms with van der Waals surface area (Å²) in [4.78, 5) is 6.57. The number of benzene rings is 1. The van der Waals surface area contributed by atoms with Crippen LogP contribution in [0.2, 0.25) is 0 Å². The van der Waals surface area contributed by atoms with Crippen LogP contribution >= 0.6 is 12.4 Å². The van der Waals surface area contributed by atoms with Gasteiger partial charge >= 0.3 is 0 Å². The van der Waals surface area contributed by atoms with Crippen molar-refractivity contribution in [2.24, 2.45) is 0 Å². The molecule has 1 aliphatic heterocycles. The van der Waals surface area contributed by atoms with Gasteiger partial charge in [-0.25, -0.2) is 0 Å². The maximum absolute atomic E-state index is 4.16. The number of hydrogen-bond donors (Lipinski definition) is 1. The lowest BCUT2D eigenvalue weighted by Crippen LogP contribution is -2.41. The summed E-state index contributed by atoms with van der Waals surface area (Å²) in [5, 5.41) is 5.89. The van der Waals surface area contributed by atoms with Crippen molar-refractivity contribution in [3.8, 4) is 0 Å². The summed E-state index contributed by atoms with van der Waals surface area (Å²) < 4.78 is 0. The number of hydrogen-bond acceptors (Lipinski definition) is 3. The summed E-state index contributed by atoms with van der Waals surface area (Å²) in [6.45, 7) is 2.26. The Labute approximate surface area is 120 Å². The highest BCUT2D eigenvalue weighted by molar-refractivity contribution is 5.85. The molecule has 0 bridgehead atoms. The maximum atomic E-state index is 4.16. The van der Waals surface area contributed by atoms with E-state index in [1.54, 1.807) is 0 Å². The first-order valence-corrected chi connectivity index (χ1v) is 6.62. The van der Waals surface area contributed by atoms with Gasteiger partial charge in [0, 0.05) is 36.6 Å². The van der Waals surface area contributed by atoms with Crippen molar-refractivity contribution < 1.29 is 0 Å². The molecule has 0 saturated carbocycles. The van der Waals surface area contributed by atoms with Crippen molar-refractivity contribution >= 4 is 28.9 Å². The summed E-state index contributed by atoms with van der Waals surface area (Å²) in [5.41, 5.74) is 1.31. The van der Waals surface area contributed by atoms with Crippen LogP contribution in [0.25, 0.3) is 10.8 Å². The van der Waals surface area contributed by atoms with Gasteiger partial charge in [0.1, 0.15) is 0 Å². The van der Waals surface area contributed by atoms with Crippen molar-refractivity contribution in [2.45, 2.75) is 18.9 Å². The van der Waals surface area contributed by atoms with E-state index in [0.717, 1.165) is 13.1 Å². The number of aromatic nitrogens is 1. The highest BCUT2D eigenvalue weighted by atomic mass is 35.5. The largest absolute Gasteiger partial charge is 0.371 e. The molecule has 4 heteroatoms. The van der Waals surface area contributed by atoms with Crippen LogP contribution in [-0.4, -0.2) is 31.2 Å². The van der Waals surface area contributed by atoms with Gasteiger partial charge in [-0.05, 0) is 49.5 Å². The molecule has 1 saturated heterocycles. The van der Waals surface area contributed by atoms with Crippen LogP contribution in [0.5, 0.6) is 0 Å². The molecule has 1 aromatic heterocycles. The van der Waals surface area contributed by atoms with Crippen molar-refractivity contribution in [3.05, 3.63) is 36.7 Å². The lowest BCUT2D eigenvalue weighted by Gasteiger charge is -2.33. The molecular formula is C15H20ClN3. The van der Waals surface area contributed by atoms with E-state index in [4.69, 9.17) is 0 Å². The average Bonchev–Trinajstić information content (AvgIpc) is 2.47. The molecule has 2 aromatic rings. The highest BCUT2D eigenvalue weighted by Gasteiger charge is 2.17. The zero-order chi connectivity index (χ0) is 12.4. The number of pyridine rings is 1. The molecule has 0 atom stereocenters. The predicted molar refractivity (Wildman–Crippen MR) is 83.3 cm³/mol. The minimum Gasteiger partial charge on any atom is -0.371 e. The molecule has 19 heavy (non-hydrogen) atoms. The van der Waals surface area contributed by atoms with Gasteiger partial charge in [0.2, 0.25) is 0 Å². The summed E-state index contributed by atoms with van der Waals surface area (Å²) in [7, 11) is 2.21. The van der Waals surface area contributed by atoms with Crippen molar-refractivity contribution in [1.29, 1.82) is 0 Å². The van der Waals surface area contributed by atoms with Gasteiger partial charge in [0.15, 0.2) is 0 Å². The lowest BCUT2D eigenvalue weighted by molar-refractivity contribution is 0.443. The van der Waals surface area contributed by atoms with E-state index in [9.17, 15) is 0 Å². The second-order valence-corrected chi connectivity index (χ2v) is 5.00. The molecule has 0 radical (unpaired) electrons. The fraction of sp³-hybridized carbons (Fsp3) is 0.400. The van der Waals surface area contributed by atoms with Crippen LogP contribution in [0.4, 0.5) is 5.69 Å². The zero-order valence-electron chi connectivity index (χ0n) is 11.2. The van der Waals surface area contributed by atoms with E-state index in [2.05, 4.69) is 46.5 Å². The fourth-order valence-corrected chi connectivity index (χ4v) is 2.69. The Morgan fingerprint density at radius 2 is 1.95 bits per heavy atom. The molecule has 3 nitrogen and oxygen atoms in total. The Morgan fingerprint density at radius 3 is 2.74 bits per heavy atom. The van der Waals surface area contributed by atoms with Crippen LogP contribution in [0.3, 0.4) is 0 Å². The van der Waals surface area contributed by atoms with Crippen molar-refractivity contribution in [2.75, 3.05) is 25.0 Å². The first kappa shape index (κ1) is 14.1. The SMILES string of the molecule is CN(c1ccc2cnccc2c1)C1CCNCC1.Cl. The van der Waals surface area contributed by atoms with Gasteiger partial charge in [-0.3, -0.25) is 4.98 Å². The Kier molecular flexibility index (Phi) is 4.61. The topological polar surface area (TPSA) is 28.2 Å². The third kappa shape index (κ3) is 2.99. The first-order chi connectivity index (χ1) is 8.84.